The second kappa shape index (κ2) is 5.74. The van der Waals surface area contributed by atoms with Gasteiger partial charge in [-0.1, -0.05) is 26.0 Å². The van der Waals surface area contributed by atoms with Crippen LogP contribution in [-0.2, 0) is 6.61 Å². The van der Waals surface area contributed by atoms with Crippen molar-refractivity contribution in [2.24, 2.45) is 0 Å². The summed E-state index contributed by atoms with van der Waals surface area (Å²) in [5.41, 5.74) is 9.70. The summed E-state index contributed by atoms with van der Waals surface area (Å²) in [6.07, 6.45) is 1.70. The standard InChI is InChI=1S/C16H20N2O/c1-11(2)15-5-4-12(3)8-16(15)19-10-14-9-13(17)6-7-18-14/h4-9,11H,10H2,1-3H3,(H2,17,18). The van der Waals surface area contributed by atoms with Crippen LogP contribution in [0.5, 0.6) is 5.75 Å². The molecule has 1 heterocycles. The number of nitrogen functional groups attached to an aromatic ring is 1. The number of hydrogen-bond acceptors (Lipinski definition) is 3. The van der Waals surface area contributed by atoms with E-state index in [0.717, 1.165) is 11.4 Å². The lowest BCUT2D eigenvalue weighted by Crippen LogP contribution is -2.02. The van der Waals surface area contributed by atoms with Crippen molar-refractivity contribution in [3.8, 4) is 5.75 Å². The molecule has 0 bridgehead atoms. The third-order valence-electron chi connectivity index (χ3n) is 3.01. The maximum Gasteiger partial charge on any atom is 0.130 e. The lowest BCUT2D eigenvalue weighted by molar-refractivity contribution is 0.297. The average molecular weight is 256 g/mol. The number of nitrogens with zero attached hydrogens (tertiary/aromatic N) is 1. The number of aromatic nitrogens is 1. The Bertz CT molecular complexity index is 564. The van der Waals surface area contributed by atoms with Gasteiger partial charge in [0.15, 0.2) is 0 Å². The van der Waals surface area contributed by atoms with E-state index in [1.165, 1.54) is 11.1 Å². The van der Waals surface area contributed by atoms with Crippen LogP contribution in [0.3, 0.4) is 0 Å². The van der Waals surface area contributed by atoms with Crippen LogP contribution >= 0.6 is 0 Å². The van der Waals surface area contributed by atoms with Gasteiger partial charge in [-0.2, -0.15) is 0 Å². The molecule has 0 fully saturated rings. The topological polar surface area (TPSA) is 48.1 Å². The molecule has 0 spiro atoms. The van der Waals surface area contributed by atoms with Crippen molar-refractivity contribution in [1.29, 1.82) is 0 Å². The van der Waals surface area contributed by atoms with Gasteiger partial charge in [-0.3, -0.25) is 4.98 Å². The van der Waals surface area contributed by atoms with Gasteiger partial charge in [-0.25, -0.2) is 0 Å². The molecule has 0 aliphatic heterocycles. The summed E-state index contributed by atoms with van der Waals surface area (Å²) in [7, 11) is 0. The molecule has 100 valence electrons. The molecule has 0 aliphatic rings. The minimum Gasteiger partial charge on any atom is -0.487 e. The highest BCUT2D eigenvalue weighted by Gasteiger charge is 2.08. The molecule has 0 amide bonds. The van der Waals surface area contributed by atoms with E-state index >= 15 is 0 Å². The fraction of sp³-hybridized carbons (Fsp3) is 0.312. The smallest absolute Gasteiger partial charge is 0.130 e. The molecule has 0 radical (unpaired) electrons. The Morgan fingerprint density at radius 3 is 2.68 bits per heavy atom. The van der Waals surface area contributed by atoms with Gasteiger partial charge < -0.3 is 10.5 Å². The zero-order valence-electron chi connectivity index (χ0n) is 11.7. The first-order valence-electron chi connectivity index (χ1n) is 6.50. The van der Waals surface area contributed by atoms with Crippen LogP contribution in [0.4, 0.5) is 5.69 Å². The van der Waals surface area contributed by atoms with E-state index in [1.54, 1.807) is 12.3 Å². The Morgan fingerprint density at radius 1 is 1.21 bits per heavy atom. The monoisotopic (exact) mass is 256 g/mol. The number of nitrogens with two attached hydrogens (primary N) is 1. The Morgan fingerprint density at radius 2 is 2.00 bits per heavy atom. The van der Waals surface area contributed by atoms with Crippen molar-refractivity contribution in [3.05, 3.63) is 53.3 Å². The predicted octanol–water partition coefficient (Wildman–Crippen LogP) is 3.67. The quantitative estimate of drug-likeness (QED) is 0.907. The first-order chi connectivity index (χ1) is 9.06. The number of hydrogen-bond donors (Lipinski definition) is 1. The van der Waals surface area contributed by atoms with Crippen molar-refractivity contribution >= 4 is 5.69 Å². The largest absolute Gasteiger partial charge is 0.487 e. The van der Waals surface area contributed by atoms with Crippen molar-refractivity contribution in [2.45, 2.75) is 33.3 Å². The van der Waals surface area contributed by atoms with Gasteiger partial charge in [-0.05, 0) is 42.2 Å². The predicted molar refractivity (Wildman–Crippen MR) is 78.2 cm³/mol. The summed E-state index contributed by atoms with van der Waals surface area (Å²) >= 11 is 0. The first kappa shape index (κ1) is 13.4. The van der Waals surface area contributed by atoms with E-state index in [1.807, 2.05) is 6.07 Å². The maximum absolute atomic E-state index is 5.90. The second-order valence-corrected chi connectivity index (χ2v) is 5.07. The van der Waals surface area contributed by atoms with Crippen molar-refractivity contribution in [3.63, 3.8) is 0 Å². The molecule has 1 aromatic heterocycles. The zero-order valence-corrected chi connectivity index (χ0v) is 11.7. The Labute approximate surface area is 114 Å². The second-order valence-electron chi connectivity index (χ2n) is 5.07. The molecule has 0 saturated carbocycles. The van der Waals surface area contributed by atoms with Crippen LogP contribution in [0.15, 0.2) is 36.5 Å². The van der Waals surface area contributed by atoms with Crippen LogP contribution in [-0.4, -0.2) is 4.98 Å². The molecule has 0 unspecified atom stereocenters. The molecular formula is C16H20N2O. The van der Waals surface area contributed by atoms with E-state index in [2.05, 4.69) is 44.0 Å². The fourth-order valence-corrected chi connectivity index (χ4v) is 1.97. The van der Waals surface area contributed by atoms with Gasteiger partial charge in [-0.15, -0.1) is 0 Å². The SMILES string of the molecule is Cc1ccc(C(C)C)c(OCc2cc(N)ccn2)c1. The number of pyridine rings is 1. The molecule has 0 atom stereocenters. The summed E-state index contributed by atoms with van der Waals surface area (Å²) in [6.45, 7) is 6.83. The highest BCUT2D eigenvalue weighted by atomic mass is 16.5. The van der Waals surface area contributed by atoms with E-state index in [-0.39, 0.29) is 0 Å². The number of ether oxygens (including phenoxy) is 1. The van der Waals surface area contributed by atoms with Crippen LogP contribution < -0.4 is 10.5 Å². The number of anilines is 1. The van der Waals surface area contributed by atoms with Gasteiger partial charge >= 0.3 is 0 Å². The van der Waals surface area contributed by atoms with Crippen molar-refractivity contribution in [1.82, 2.24) is 4.98 Å². The highest BCUT2D eigenvalue weighted by molar-refractivity contribution is 5.40. The summed E-state index contributed by atoms with van der Waals surface area (Å²) in [6, 6.07) is 9.92. The summed E-state index contributed by atoms with van der Waals surface area (Å²) < 4.78 is 5.90. The molecule has 2 N–H and O–H groups in total. The lowest BCUT2D eigenvalue weighted by Gasteiger charge is -2.14. The number of aryl methyl sites for hydroxylation is 1. The Balaban J connectivity index is 2.17. The van der Waals surface area contributed by atoms with Gasteiger partial charge in [0, 0.05) is 11.9 Å². The average Bonchev–Trinajstić information content (AvgIpc) is 2.36. The third kappa shape index (κ3) is 3.47. The Kier molecular flexibility index (Phi) is 4.05. The van der Waals surface area contributed by atoms with E-state index < -0.39 is 0 Å². The van der Waals surface area contributed by atoms with E-state index in [0.29, 0.717) is 18.2 Å². The fourth-order valence-electron chi connectivity index (χ4n) is 1.97. The number of rotatable bonds is 4. The van der Waals surface area contributed by atoms with Crippen LogP contribution in [0.2, 0.25) is 0 Å². The maximum atomic E-state index is 5.90. The van der Waals surface area contributed by atoms with E-state index in [9.17, 15) is 0 Å². The molecule has 3 nitrogen and oxygen atoms in total. The van der Waals surface area contributed by atoms with Crippen molar-refractivity contribution < 1.29 is 4.74 Å². The van der Waals surface area contributed by atoms with E-state index in [4.69, 9.17) is 10.5 Å². The lowest BCUT2D eigenvalue weighted by atomic mass is 10.0. The van der Waals surface area contributed by atoms with Crippen LogP contribution in [0.25, 0.3) is 0 Å². The molecule has 2 rings (SSSR count). The molecular weight excluding hydrogens is 236 g/mol. The molecule has 19 heavy (non-hydrogen) atoms. The minimum absolute atomic E-state index is 0.435. The van der Waals surface area contributed by atoms with Crippen LogP contribution in [0.1, 0.15) is 36.6 Å². The minimum atomic E-state index is 0.435. The van der Waals surface area contributed by atoms with Gasteiger partial charge in [0.25, 0.3) is 0 Å². The molecule has 2 aromatic rings. The first-order valence-corrected chi connectivity index (χ1v) is 6.50. The van der Waals surface area contributed by atoms with Gasteiger partial charge in [0.2, 0.25) is 0 Å². The van der Waals surface area contributed by atoms with Crippen molar-refractivity contribution in [2.75, 3.05) is 5.73 Å². The van der Waals surface area contributed by atoms with Gasteiger partial charge in [0.05, 0.1) is 5.69 Å². The summed E-state index contributed by atoms with van der Waals surface area (Å²) in [4.78, 5) is 4.25. The van der Waals surface area contributed by atoms with Gasteiger partial charge in [0.1, 0.15) is 12.4 Å². The molecule has 1 aromatic carbocycles. The molecule has 3 heteroatoms. The third-order valence-corrected chi connectivity index (χ3v) is 3.01. The molecule has 0 saturated heterocycles. The zero-order chi connectivity index (χ0) is 13.8. The normalized spacial score (nSPS) is 10.7. The summed E-state index contributed by atoms with van der Waals surface area (Å²) in [5, 5.41) is 0. The number of benzene rings is 1. The molecule has 0 aliphatic carbocycles. The Hall–Kier alpha value is -2.03. The van der Waals surface area contributed by atoms with Crippen LogP contribution in [0, 0.1) is 6.92 Å². The summed E-state index contributed by atoms with van der Waals surface area (Å²) in [5.74, 6) is 1.36. The highest BCUT2D eigenvalue weighted by Crippen LogP contribution is 2.28.